The van der Waals surface area contributed by atoms with E-state index in [9.17, 15) is 9.90 Å². The van der Waals surface area contributed by atoms with E-state index < -0.39 is 5.60 Å². The molecular formula is C15H23N3O2. The third-order valence-corrected chi connectivity index (χ3v) is 2.66. The Hall–Kier alpha value is -1.85. The predicted octanol–water partition coefficient (Wildman–Crippen LogP) is 0.711. The van der Waals surface area contributed by atoms with Crippen LogP contribution in [0.2, 0.25) is 0 Å². The van der Waals surface area contributed by atoms with Crippen LogP contribution in [0, 0.1) is 0 Å². The Morgan fingerprint density at radius 1 is 1.40 bits per heavy atom. The zero-order valence-corrected chi connectivity index (χ0v) is 12.3. The van der Waals surface area contributed by atoms with Crippen molar-refractivity contribution in [1.29, 1.82) is 0 Å². The van der Waals surface area contributed by atoms with E-state index in [0.717, 1.165) is 5.56 Å². The highest BCUT2D eigenvalue weighted by atomic mass is 16.3. The van der Waals surface area contributed by atoms with Crippen LogP contribution in [0.3, 0.4) is 0 Å². The van der Waals surface area contributed by atoms with Gasteiger partial charge in [0, 0.05) is 24.9 Å². The summed E-state index contributed by atoms with van der Waals surface area (Å²) in [5.41, 5.74) is 6.22. The van der Waals surface area contributed by atoms with Gasteiger partial charge in [-0.15, -0.1) is 0 Å². The minimum atomic E-state index is -0.950. The second-order valence-electron chi connectivity index (χ2n) is 5.45. The number of aliphatic hydroxyl groups is 1. The number of likely N-dealkylation sites (N-methyl/N-ethyl adjacent to an activating group) is 1. The van der Waals surface area contributed by atoms with Crippen molar-refractivity contribution < 1.29 is 9.90 Å². The zero-order chi connectivity index (χ0) is 15.2. The quantitative estimate of drug-likeness (QED) is 0.528. The van der Waals surface area contributed by atoms with E-state index in [4.69, 9.17) is 5.73 Å². The number of anilines is 1. The molecule has 5 heteroatoms. The van der Waals surface area contributed by atoms with Crippen LogP contribution in [0.25, 0.3) is 6.08 Å². The lowest BCUT2D eigenvalue weighted by Crippen LogP contribution is -2.46. The fourth-order valence-electron chi connectivity index (χ4n) is 1.85. The summed E-state index contributed by atoms with van der Waals surface area (Å²) in [4.78, 5) is 13.5. The van der Waals surface area contributed by atoms with Crippen molar-refractivity contribution in [2.45, 2.75) is 12.5 Å². The molecule has 0 spiro atoms. The molecule has 1 unspecified atom stereocenters. The van der Waals surface area contributed by atoms with E-state index in [0.29, 0.717) is 12.2 Å². The lowest BCUT2D eigenvalue weighted by Gasteiger charge is -2.26. The van der Waals surface area contributed by atoms with Gasteiger partial charge in [0.1, 0.15) is 0 Å². The number of carbonyl (C=O) groups is 1. The number of nitrogens with two attached hydrogens (primary N) is 1. The second kappa shape index (κ2) is 7.07. The monoisotopic (exact) mass is 277 g/mol. The van der Waals surface area contributed by atoms with Crippen LogP contribution in [-0.2, 0) is 4.79 Å². The average Bonchev–Trinajstić information content (AvgIpc) is 2.34. The molecule has 1 aromatic rings. The summed E-state index contributed by atoms with van der Waals surface area (Å²) in [7, 11) is 3.74. The fraction of sp³-hybridized carbons (Fsp3) is 0.400. The first-order valence-corrected chi connectivity index (χ1v) is 6.47. The summed E-state index contributed by atoms with van der Waals surface area (Å²) >= 11 is 0. The van der Waals surface area contributed by atoms with Gasteiger partial charge in [-0.2, -0.15) is 0 Å². The van der Waals surface area contributed by atoms with Crippen molar-refractivity contribution in [3.05, 3.63) is 35.9 Å². The van der Waals surface area contributed by atoms with Crippen molar-refractivity contribution in [3.8, 4) is 0 Å². The number of nitrogens with one attached hydrogen (secondary N) is 1. The van der Waals surface area contributed by atoms with Gasteiger partial charge in [0.05, 0.1) is 5.60 Å². The van der Waals surface area contributed by atoms with Crippen molar-refractivity contribution in [3.63, 3.8) is 0 Å². The maximum absolute atomic E-state index is 11.7. The SMILES string of the molecule is CN(C)CC(C)(O)CNC(=O)/C=C/c1ccc(N)cc1. The molecule has 0 aliphatic rings. The van der Waals surface area contributed by atoms with E-state index in [1.54, 1.807) is 25.1 Å². The summed E-state index contributed by atoms with van der Waals surface area (Å²) in [5.74, 6) is -0.235. The standard InChI is InChI=1S/C15H23N3O2/c1-15(20,11-18(2)3)10-17-14(19)9-6-12-4-7-13(16)8-5-12/h4-9,20H,10-11,16H2,1-3H3,(H,17,19)/b9-6+. The van der Waals surface area contributed by atoms with Crippen LogP contribution in [0.15, 0.2) is 30.3 Å². The Bertz CT molecular complexity index is 465. The van der Waals surface area contributed by atoms with Gasteiger partial charge in [-0.3, -0.25) is 4.79 Å². The molecule has 20 heavy (non-hydrogen) atoms. The Morgan fingerprint density at radius 3 is 2.55 bits per heavy atom. The number of nitrogen functional groups attached to an aromatic ring is 1. The topological polar surface area (TPSA) is 78.6 Å². The normalized spacial score (nSPS) is 14.4. The van der Waals surface area contributed by atoms with Crippen LogP contribution in [0.1, 0.15) is 12.5 Å². The van der Waals surface area contributed by atoms with Gasteiger partial charge in [-0.1, -0.05) is 12.1 Å². The summed E-state index contributed by atoms with van der Waals surface area (Å²) in [5, 5.41) is 12.7. The maximum atomic E-state index is 11.7. The number of hydrogen-bond donors (Lipinski definition) is 3. The van der Waals surface area contributed by atoms with E-state index >= 15 is 0 Å². The summed E-state index contributed by atoms with van der Waals surface area (Å²) in [6.45, 7) is 2.38. The largest absolute Gasteiger partial charge is 0.399 e. The number of hydrogen-bond acceptors (Lipinski definition) is 4. The molecule has 1 atom stereocenters. The molecule has 0 saturated heterocycles. The Kier molecular flexibility index (Phi) is 5.73. The zero-order valence-electron chi connectivity index (χ0n) is 12.3. The molecule has 5 nitrogen and oxygen atoms in total. The first-order valence-electron chi connectivity index (χ1n) is 6.47. The predicted molar refractivity (Wildman–Crippen MR) is 82.1 cm³/mol. The second-order valence-corrected chi connectivity index (χ2v) is 5.45. The number of rotatable bonds is 6. The van der Waals surface area contributed by atoms with Gasteiger partial charge in [-0.05, 0) is 44.8 Å². The molecule has 4 N–H and O–H groups in total. The lowest BCUT2D eigenvalue weighted by molar-refractivity contribution is -0.117. The molecule has 0 aliphatic carbocycles. The van der Waals surface area contributed by atoms with Gasteiger partial charge in [0.25, 0.3) is 0 Å². The van der Waals surface area contributed by atoms with E-state index in [1.807, 2.05) is 31.1 Å². The number of amides is 1. The molecule has 0 aromatic heterocycles. The van der Waals surface area contributed by atoms with Gasteiger partial charge < -0.3 is 21.1 Å². The molecule has 0 bridgehead atoms. The minimum Gasteiger partial charge on any atom is -0.399 e. The first kappa shape index (κ1) is 16.2. The summed E-state index contributed by atoms with van der Waals surface area (Å²) in [6.07, 6.45) is 3.15. The van der Waals surface area contributed by atoms with Crippen molar-refractivity contribution in [2.24, 2.45) is 0 Å². The van der Waals surface area contributed by atoms with Crippen molar-refractivity contribution >= 4 is 17.7 Å². The molecule has 0 heterocycles. The molecule has 110 valence electrons. The lowest BCUT2D eigenvalue weighted by atomic mass is 10.1. The molecule has 1 rings (SSSR count). The van der Waals surface area contributed by atoms with Crippen LogP contribution >= 0.6 is 0 Å². The minimum absolute atomic E-state index is 0.204. The van der Waals surface area contributed by atoms with Crippen LogP contribution in [0.5, 0.6) is 0 Å². The molecule has 0 saturated carbocycles. The molecule has 0 radical (unpaired) electrons. The summed E-state index contributed by atoms with van der Waals surface area (Å²) < 4.78 is 0. The van der Waals surface area contributed by atoms with E-state index in [1.165, 1.54) is 6.08 Å². The molecule has 1 amide bonds. The number of benzene rings is 1. The molecular weight excluding hydrogens is 254 g/mol. The van der Waals surface area contributed by atoms with Gasteiger partial charge in [-0.25, -0.2) is 0 Å². The Morgan fingerprint density at radius 2 is 2.00 bits per heavy atom. The van der Waals surface area contributed by atoms with Crippen LogP contribution in [0.4, 0.5) is 5.69 Å². The Balaban J connectivity index is 2.45. The summed E-state index contributed by atoms with van der Waals surface area (Å²) in [6, 6.07) is 7.22. The average molecular weight is 277 g/mol. The third-order valence-electron chi connectivity index (χ3n) is 2.66. The highest BCUT2D eigenvalue weighted by molar-refractivity contribution is 5.91. The first-order chi connectivity index (χ1) is 9.28. The number of carbonyl (C=O) groups excluding carboxylic acids is 1. The van der Waals surface area contributed by atoms with Crippen molar-refractivity contribution in [2.75, 3.05) is 32.9 Å². The van der Waals surface area contributed by atoms with Crippen molar-refractivity contribution in [1.82, 2.24) is 10.2 Å². The molecule has 0 aliphatic heterocycles. The van der Waals surface area contributed by atoms with E-state index in [-0.39, 0.29) is 12.5 Å². The molecule has 0 fully saturated rings. The fourth-order valence-corrected chi connectivity index (χ4v) is 1.85. The maximum Gasteiger partial charge on any atom is 0.244 e. The van der Waals surface area contributed by atoms with Crippen LogP contribution < -0.4 is 11.1 Å². The van der Waals surface area contributed by atoms with Gasteiger partial charge in [0.2, 0.25) is 5.91 Å². The smallest absolute Gasteiger partial charge is 0.244 e. The highest BCUT2D eigenvalue weighted by Crippen LogP contribution is 2.07. The third kappa shape index (κ3) is 6.36. The highest BCUT2D eigenvalue weighted by Gasteiger charge is 2.21. The number of nitrogens with zero attached hydrogens (tertiary/aromatic N) is 1. The molecule has 1 aromatic carbocycles. The van der Waals surface area contributed by atoms with Crippen LogP contribution in [-0.4, -0.2) is 48.7 Å². The van der Waals surface area contributed by atoms with Gasteiger partial charge >= 0.3 is 0 Å². The Labute approximate surface area is 120 Å². The van der Waals surface area contributed by atoms with Gasteiger partial charge in [0.15, 0.2) is 0 Å². The van der Waals surface area contributed by atoms with E-state index in [2.05, 4.69) is 5.32 Å².